The van der Waals surface area contributed by atoms with Gasteiger partial charge in [-0.1, -0.05) is 19.1 Å². The molecule has 0 aliphatic carbocycles. The molecule has 0 spiro atoms. The van der Waals surface area contributed by atoms with Crippen LogP contribution in [0.1, 0.15) is 12.5 Å². The SMILES string of the molecule is CCN(CCO)CC(=O)NCc1ccc(F)cc1. The van der Waals surface area contributed by atoms with E-state index < -0.39 is 0 Å². The van der Waals surface area contributed by atoms with E-state index in [4.69, 9.17) is 5.11 Å². The topological polar surface area (TPSA) is 52.6 Å². The number of amides is 1. The van der Waals surface area contributed by atoms with Gasteiger partial charge in [-0.05, 0) is 24.2 Å². The van der Waals surface area contributed by atoms with Gasteiger partial charge in [0, 0.05) is 13.1 Å². The maximum absolute atomic E-state index is 12.7. The molecule has 100 valence electrons. The third-order valence-electron chi connectivity index (χ3n) is 2.63. The van der Waals surface area contributed by atoms with Crippen molar-refractivity contribution in [2.45, 2.75) is 13.5 Å². The first kappa shape index (κ1) is 14.6. The number of benzene rings is 1. The molecule has 1 rings (SSSR count). The van der Waals surface area contributed by atoms with Crippen molar-refractivity contribution >= 4 is 5.91 Å². The summed E-state index contributed by atoms with van der Waals surface area (Å²) in [6.07, 6.45) is 0. The van der Waals surface area contributed by atoms with Crippen molar-refractivity contribution in [2.75, 3.05) is 26.2 Å². The van der Waals surface area contributed by atoms with E-state index in [1.54, 1.807) is 12.1 Å². The molecule has 1 amide bonds. The molecule has 1 aromatic rings. The van der Waals surface area contributed by atoms with Crippen molar-refractivity contribution < 1.29 is 14.3 Å². The van der Waals surface area contributed by atoms with Crippen LogP contribution in [-0.2, 0) is 11.3 Å². The maximum atomic E-state index is 12.7. The summed E-state index contributed by atoms with van der Waals surface area (Å²) in [6, 6.07) is 6.01. The van der Waals surface area contributed by atoms with Crippen LogP contribution in [0, 0.1) is 5.82 Å². The predicted molar refractivity (Wildman–Crippen MR) is 67.4 cm³/mol. The normalized spacial score (nSPS) is 10.7. The van der Waals surface area contributed by atoms with Crippen LogP contribution in [0.5, 0.6) is 0 Å². The molecule has 2 N–H and O–H groups in total. The summed E-state index contributed by atoms with van der Waals surface area (Å²) in [5.74, 6) is -0.389. The van der Waals surface area contributed by atoms with Crippen LogP contribution in [0.25, 0.3) is 0 Å². The number of carbonyl (C=O) groups is 1. The van der Waals surface area contributed by atoms with E-state index in [1.807, 2.05) is 11.8 Å². The predicted octanol–water partition coefficient (Wildman–Crippen LogP) is 0.756. The summed E-state index contributed by atoms with van der Waals surface area (Å²) in [5, 5.41) is 11.6. The molecular weight excluding hydrogens is 235 g/mol. The number of hydrogen-bond acceptors (Lipinski definition) is 3. The van der Waals surface area contributed by atoms with Crippen LogP contribution < -0.4 is 5.32 Å². The minimum absolute atomic E-state index is 0.0408. The molecule has 0 atom stereocenters. The summed E-state index contributed by atoms with van der Waals surface area (Å²) in [7, 11) is 0. The zero-order valence-corrected chi connectivity index (χ0v) is 10.5. The van der Waals surface area contributed by atoms with Gasteiger partial charge in [0.2, 0.25) is 5.91 Å². The third-order valence-corrected chi connectivity index (χ3v) is 2.63. The van der Waals surface area contributed by atoms with Gasteiger partial charge < -0.3 is 10.4 Å². The van der Waals surface area contributed by atoms with Gasteiger partial charge in [-0.3, -0.25) is 9.69 Å². The number of hydrogen-bond donors (Lipinski definition) is 2. The van der Waals surface area contributed by atoms with Crippen molar-refractivity contribution in [3.05, 3.63) is 35.6 Å². The van der Waals surface area contributed by atoms with E-state index in [2.05, 4.69) is 5.32 Å². The molecule has 0 aliphatic heterocycles. The van der Waals surface area contributed by atoms with Gasteiger partial charge in [0.05, 0.1) is 13.2 Å². The summed E-state index contributed by atoms with van der Waals surface area (Å²) in [4.78, 5) is 13.5. The van der Waals surface area contributed by atoms with E-state index in [0.717, 1.165) is 5.56 Å². The van der Waals surface area contributed by atoms with Crippen molar-refractivity contribution in [2.24, 2.45) is 0 Å². The van der Waals surface area contributed by atoms with E-state index in [1.165, 1.54) is 12.1 Å². The van der Waals surface area contributed by atoms with Crippen LogP contribution >= 0.6 is 0 Å². The molecule has 0 aromatic heterocycles. The number of halogens is 1. The van der Waals surface area contributed by atoms with E-state index in [0.29, 0.717) is 19.6 Å². The third kappa shape index (κ3) is 5.25. The monoisotopic (exact) mass is 254 g/mol. The van der Waals surface area contributed by atoms with E-state index >= 15 is 0 Å². The lowest BCUT2D eigenvalue weighted by atomic mass is 10.2. The van der Waals surface area contributed by atoms with Gasteiger partial charge in [0.1, 0.15) is 5.82 Å². The number of rotatable bonds is 7. The zero-order valence-electron chi connectivity index (χ0n) is 10.5. The summed E-state index contributed by atoms with van der Waals surface area (Å²) in [5.41, 5.74) is 0.856. The Balaban J connectivity index is 2.34. The fourth-order valence-electron chi connectivity index (χ4n) is 1.55. The lowest BCUT2D eigenvalue weighted by molar-refractivity contribution is -0.122. The van der Waals surface area contributed by atoms with Gasteiger partial charge in [-0.25, -0.2) is 4.39 Å². The number of nitrogens with zero attached hydrogens (tertiary/aromatic N) is 1. The largest absolute Gasteiger partial charge is 0.395 e. The second-order valence-corrected chi connectivity index (χ2v) is 4.00. The van der Waals surface area contributed by atoms with Gasteiger partial charge in [-0.15, -0.1) is 0 Å². The number of likely N-dealkylation sites (N-methyl/N-ethyl adjacent to an activating group) is 1. The Morgan fingerprint density at radius 1 is 1.39 bits per heavy atom. The molecule has 0 heterocycles. The minimum atomic E-state index is -0.287. The van der Waals surface area contributed by atoms with E-state index in [9.17, 15) is 9.18 Å². The van der Waals surface area contributed by atoms with Gasteiger partial charge in [0.15, 0.2) is 0 Å². The number of aliphatic hydroxyl groups is 1. The highest BCUT2D eigenvalue weighted by Gasteiger charge is 2.07. The highest BCUT2D eigenvalue weighted by Crippen LogP contribution is 2.01. The molecule has 0 radical (unpaired) electrons. The van der Waals surface area contributed by atoms with E-state index in [-0.39, 0.29) is 24.9 Å². The standard InChI is InChI=1S/C13H19FN2O2/c1-2-16(7-8-17)10-13(18)15-9-11-3-5-12(14)6-4-11/h3-6,17H,2,7-10H2,1H3,(H,15,18). The van der Waals surface area contributed by atoms with Gasteiger partial charge >= 0.3 is 0 Å². The van der Waals surface area contributed by atoms with Crippen LogP contribution in [0.15, 0.2) is 24.3 Å². The van der Waals surface area contributed by atoms with Gasteiger partial charge in [0.25, 0.3) is 0 Å². The Kier molecular flexibility index (Phi) is 6.32. The Hall–Kier alpha value is -1.46. The van der Waals surface area contributed by atoms with Crippen LogP contribution in [0.4, 0.5) is 4.39 Å². The summed E-state index contributed by atoms with van der Waals surface area (Å²) < 4.78 is 12.7. The Bertz CT molecular complexity index is 368. The maximum Gasteiger partial charge on any atom is 0.234 e. The van der Waals surface area contributed by atoms with Crippen LogP contribution in [-0.4, -0.2) is 42.2 Å². The molecule has 0 saturated heterocycles. The second-order valence-electron chi connectivity index (χ2n) is 4.00. The second kappa shape index (κ2) is 7.79. The number of nitrogens with one attached hydrogen (secondary N) is 1. The Morgan fingerprint density at radius 3 is 2.61 bits per heavy atom. The average Bonchev–Trinajstić information content (AvgIpc) is 2.37. The van der Waals surface area contributed by atoms with Crippen LogP contribution in [0.3, 0.4) is 0 Å². The quantitative estimate of drug-likeness (QED) is 0.755. The molecule has 1 aromatic carbocycles. The lowest BCUT2D eigenvalue weighted by Gasteiger charge is -2.18. The molecule has 0 fully saturated rings. The summed E-state index contributed by atoms with van der Waals surface area (Å²) >= 11 is 0. The molecule has 0 saturated carbocycles. The first-order valence-electron chi connectivity index (χ1n) is 6.00. The van der Waals surface area contributed by atoms with Crippen molar-refractivity contribution in [1.29, 1.82) is 0 Å². The highest BCUT2D eigenvalue weighted by molar-refractivity contribution is 5.77. The number of aliphatic hydroxyl groups excluding tert-OH is 1. The van der Waals surface area contributed by atoms with Gasteiger partial charge in [-0.2, -0.15) is 0 Å². The highest BCUT2D eigenvalue weighted by atomic mass is 19.1. The molecule has 0 bridgehead atoms. The van der Waals surface area contributed by atoms with Crippen molar-refractivity contribution in [3.8, 4) is 0 Å². The lowest BCUT2D eigenvalue weighted by Crippen LogP contribution is -2.38. The average molecular weight is 254 g/mol. The van der Waals surface area contributed by atoms with Crippen molar-refractivity contribution in [3.63, 3.8) is 0 Å². The molecule has 4 nitrogen and oxygen atoms in total. The molecule has 18 heavy (non-hydrogen) atoms. The Labute approximate surface area is 106 Å². The summed E-state index contributed by atoms with van der Waals surface area (Å²) in [6.45, 7) is 3.82. The molecule has 0 unspecified atom stereocenters. The first-order chi connectivity index (χ1) is 8.65. The first-order valence-corrected chi connectivity index (χ1v) is 6.00. The minimum Gasteiger partial charge on any atom is -0.395 e. The molecule has 5 heteroatoms. The molecular formula is C13H19FN2O2. The van der Waals surface area contributed by atoms with Crippen LogP contribution in [0.2, 0.25) is 0 Å². The molecule has 0 aliphatic rings. The van der Waals surface area contributed by atoms with Crippen molar-refractivity contribution in [1.82, 2.24) is 10.2 Å². The Morgan fingerprint density at radius 2 is 2.06 bits per heavy atom. The fraction of sp³-hybridized carbons (Fsp3) is 0.462. The fourth-order valence-corrected chi connectivity index (χ4v) is 1.55. The smallest absolute Gasteiger partial charge is 0.234 e. The zero-order chi connectivity index (χ0) is 13.4. The number of carbonyl (C=O) groups excluding carboxylic acids is 1.